The van der Waals surface area contributed by atoms with E-state index in [1.807, 2.05) is 0 Å². The molecular formula is C10H18O. The lowest BCUT2D eigenvalue weighted by Gasteiger charge is -2.32. The molecule has 0 aromatic rings. The Morgan fingerprint density at radius 2 is 1.18 bits per heavy atom. The number of hydrogen-bond acceptors (Lipinski definition) is 1. The first-order valence-corrected chi connectivity index (χ1v) is 5.10. The van der Waals surface area contributed by atoms with Crippen molar-refractivity contribution in [3.8, 4) is 0 Å². The van der Waals surface area contributed by atoms with Crippen molar-refractivity contribution >= 4 is 0 Å². The van der Waals surface area contributed by atoms with Crippen LogP contribution in [0.4, 0.5) is 0 Å². The Labute approximate surface area is 69.1 Å². The summed E-state index contributed by atoms with van der Waals surface area (Å²) in [5, 5.41) is 0. The van der Waals surface area contributed by atoms with Gasteiger partial charge in [-0.15, -0.1) is 0 Å². The summed E-state index contributed by atoms with van der Waals surface area (Å²) in [5.74, 6) is 0. The summed E-state index contributed by atoms with van der Waals surface area (Å²) < 4.78 is 5.93. The van der Waals surface area contributed by atoms with Gasteiger partial charge in [0.2, 0.25) is 0 Å². The summed E-state index contributed by atoms with van der Waals surface area (Å²) >= 11 is 0. The molecule has 2 rings (SSSR count). The highest BCUT2D eigenvalue weighted by molar-refractivity contribution is 4.73. The van der Waals surface area contributed by atoms with E-state index in [9.17, 15) is 0 Å². The molecule has 11 heavy (non-hydrogen) atoms. The number of rotatable bonds is 2. The molecule has 0 heterocycles. The van der Waals surface area contributed by atoms with Crippen LogP contribution < -0.4 is 0 Å². The first-order valence-electron chi connectivity index (χ1n) is 5.10. The van der Waals surface area contributed by atoms with E-state index in [4.69, 9.17) is 4.74 Å². The van der Waals surface area contributed by atoms with Crippen molar-refractivity contribution < 1.29 is 4.74 Å². The molecule has 0 N–H and O–H groups in total. The van der Waals surface area contributed by atoms with Gasteiger partial charge in [0, 0.05) is 0 Å². The van der Waals surface area contributed by atoms with Gasteiger partial charge < -0.3 is 4.74 Å². The maximum atomic E-state index is 5.93. The van der Waals surface area contributed by atoms with E-state index in [-0.39, 0.29) is 0 Å². The van der Waals surface area contributed by atoms with E-state index < -0.39 is 0 Å². The lowest BCUT2D eigenvalue weighted by molar-refractivity contribution is -0.0644. The van der Waals surface area contributed by atoms with Gasteiger partial charge in [0.15, 0.2) is 0 Å². The summed E-state index contributed by atoms with van der Waals surface area (Å²) in [6.45, 7) is 0. The second-order valence-electron chi connectivity index (χ2n) is 3.95. The molecule has 2 aliphatic carbocycles. The average Bonchev–Trinajstić information content (AvgIpc) is 1.99. The van der Waals surface area contributed by atoms with Gasteiger partial charge in [-0.1, -0.05) is 19.3 Å². The van der Waals surface area contributed by atoms with Crippen LogP contribution in [-0.4, -0.2) is 12.2 Å². The summed E-state index contributed by atoms with van der Waals surface area (Å²) in [4.78, 5) is 0. The van der Waals surface area contributed by atoms with Crippen LogP contribution in [0.25, 0.3) is 0 Å². The summed E-state index contributed by atoms with van der Waals surface area (Å²) in [5.41, 5.74) is 0. The van der Waals surface area contributed by atoms with Crippen molar-refractivity contribution in [2.24, 2.45) is 0 Å². The van der Waals surface area contributed by atoms with Crippen LogP contribution in [-0.2, 0) is 4.74 Å². The molecule has 2 saturated carbocycles. The van der Waals surface area contributed by atoms with E-state index in [0.717, 1.165) is 0 Å². The lowest BCUT2D eigenvalue weighted by atomic mass is 9.93. The Balaban J connectivity index is 1.67. The molecule has 0 amide bonds. The summed E-state index contributed by atoms with van der Waals surface area (Å²) in [7, 11) is 0. The first kappa shape index (κ1) is 7.60. The van der Waals surface area contributed by atoms with Crippen LogP contribution in [0.2, 0.25) is 0 Å². The minimum atomic E-state index is 0.633. The van der Waals surface area contributed by atoms with Crippen molar-refractivity contribution in [2.45, 2.75) is 63.6 Å². The number of ether oxygens (including phenoxy) is 1. The second-order valence-corrected chi connectivity index (χ2v) is 3.95. The number of hydrogen-bond donors (Lipinski definition) is 0. The van der Waals surface area contributed by atoms with Crippen LogP contribution in [0.3, 0.4) is 0 Å². The molecule has 0 aliphatic heterocycles. The van der Waals surface area contributed by atoms with Crippen LogP contribution >= 0.6 is 0 Å². The van der Waals surface area contributed by atoms with Crippen molar-refractivity contribution in [3.63, 3.8) is 0 Å². The molecule has 0 saturated heterocycles. The highest BCUT2D eigenvalue weighted by atomic mass is 16.5. The predicted molar refractivity (Wildman–Crippen MR) is 45.6 cm³/mol. The fourth-order valence-corrected chi connectivity index (χ4v) is 1.98. The maximum Gasteiger partial charge on any atom is 0.0579 e. The third kappa shape index (κ3) is 1.96. The molecule has 0 atom stereocenters. The zero-order valence-corrected chi connectivity index (χ0v) is 7.22. The van der Waals surface area contributed by atoms with E-state index in [1.165, 1.54) is 51.4 Å². The summed E-state index contributed by atoms with van der Waals surface area (Å²) in [6, 6.07) is 0. The molecule has 0 spiro atoms. The summed E-state index contributed by atoms with van der Waals surface area (Å²) in [6.07, 6.45) is 12.2. The van der Waals surface area contributed by atoms with Crippen LogP contribution in [0.1, 0.15) is 51.4 Å². The van der Waals surface area contributed by atoms with E-state index in [2.05, 4.69) is 0 Å². The minimum Gasteiger partial charge on any atom is -0.375 e. The fourth-order valence-electron chi connectivity index (χ4n) is 1.98. The van der Waals surface area contributed by atoms with Crippen LogP contribution in [0.15, 0.2) is 0 Å². The Morgan fingerprint density at radius 3 is 1.64 bits per heavy atom. The second kappa shape index (κ2) is 3.57. The highest BCUT2D eigenvalue weighted by Crippen LogP contribution is 2.28. The Hall–Kier alpha value is -0.0400. The zero-order valence-electron chi connectivity index (χ0n) is 7.22. The van der Waals surface area contributed by atoms with Gasteiger partial charge in [0.25, 0.3) is 0 Å². The van der Waals surface area contributed by atoms with Gasteiger partial charge in [-0.05, 0) is 32.1 Å². The van der Waals surface area contributed by atoms with E-state index in [1.54, 1.807) is 0 Å². The lowest BCUT2D eigenvalue weighted by Crippen LogP contribution is -2.29. The van der Waals surface area contributed by atoms with Gasteiger partial charge >= 0.3 is 0 Å². The molecular weight excluding hydrogens is 136 g/mol. The largest absolute Gasteiger partial charge is 0.375 e. The van der Waals surface area contributed by atoms with Crippen molar-refractivity contribution in [3.05, 3.63) is 0 Å². The topological polar surface area (TPSA) is 9.23 Å². The molecule has 0 aromatic carbocycles. The SMILES string of the molecule is C1CCC(OC2CCC2)CC1. The standard InChI is InChI=1S/C10H18O/c1-2-5-9(6-3-1)11-10-7-4-8-10/h9-10H,1-8H2. The highest BCUT2D eigenvalue weighted by Gasteiger charge is 2.23. The maximum absolute atomic E-state index is 5.93. The van der Waals surface area contributed by atoms with E-state index in [0.29, 0.717) is 12.2 Å². The van der Waals surface area contributed by atoms with Gasteiger partial charge in [-0.25, -0.2) is 0 Å². The predicted octanol–water partition coefficient (Wildman–Crippen LogP) is 2.89. The normalized spacial score (nSPS) is 28.4. The van der Waals surface area contributed by atoms with Crippen molar-refractivity contribution in [2.75, 3.05) is 0 Å². The monoisotopic (exact) mass is 154 g/mol. The molecule has 0 unspecified atom stereocenters. The molecule has 1 nitrogen and oxygen atoms in total. The van der Waals surface area contributed by atoms with Crippen LogP contribution in [0, 0.1) is 0 Å². The zero-order chi connectivity index (χ0) is 7.52. The van der Waals surface area contributed by atoms with Gasteiger partial charge in [-0.3, -0.25) is 0 Å². The minimum absolute atomic E-state index is 0.633. The molecule has 2 fully saturated rings. The third-order valence-corrected chi connectivity index (χ3v) is 2.99. The third-order valence-electron chi connectivity index (χ3n) is 2.99. The van der Waals surface area contributed by atoms with Gasteiger partial charge in [0.05, 0.1) is 12.2 Å². The quantitative estimate of drug-likeness (QED) is 0.594. The molecule has 64 valence electrons. The Kier molecular flexibility index (Phi) is 2.47. The van der Waals surface area contributed by atoms with Crippen LogP contribution in [0.5, 0.6) is 0 Å². The van der Waals surface area contributed by atoms with Gasteiger partial charge in [0.1, 0.15) is 0 Å². The molecule has 0 radical (unpaired) electrons. The molecule has 2 aliphatic rings. The smallest absolute Gasteiger partial charge is 0.0579 e. The van der Waals surface area contributed by atoms with Crippen molar-refractivity contribution in [1.82, 2.24) is 0 Å². The molecule has 0 bridgehead atoms. The van der Waals surface area contributed by atoms with Gasteiger partial charge in [-0.2, -0.15) is 0 Å². The average molecular weight is 154 g/mol. The Bertz CT molecular complexity index is 112. The molecule has 0 aromatic heterocycles. The van der Waals surface area contributed by atoms with Crippen molar-refractivity contribution in [1.29, 1.82) is 0 Å². The molecule has 1 heteroatoms. The fraction of sp³-hybridized carbons (Fsp3) is 1.00. The first-order chi connectivity index (χ1) is 5.45. The Morgan fingerprint density at radius 1 is 0.636 bits per heavy atom. The van der Waals surface area contributed by atoms with E-state index >= 15 is 0 Å².